The van der Waals surface area contributed by atoms with Gasteiger partial charge in [0.25, 0.3) is 11.5 Å². The van der Waals surface area contributed by atoms with Crippen LogP contribution in [0.15, 0.2) is 41.8 Å². The Morgan fingerprint density at radius 1 is 1.53 bits per heavy atom. The van der Waals surface area contributed by atoms with E-state index in [0.717, 1.165) is 10.4 Å². The summed E-state index contributed by atoms with van der Waals surface area (Å²) in [4.78, 5) is 27.3. The van der Waals surface area contributed by atoms with Crippen LogP contribution in [0.25, 0.3) is 10.4 Å². The monoisotopic (exact) mass is 274 g/mol. The fraction of sp³-hybridized carbons (Fsp3) is 0.143. The number of carbonyl (C=O) groups excluding carboxylic acids is 1. The zero-order chi connectivity index (χ0) is 13.8. The van der Waals surface area contributed by atoms with Gasteiger partial charge in [0.15, 0.2) is 0 Å². The molecule has 2 aromatic heterocycles. The highest BCUT2D eigenvalue weighted by molar-refractivity contribution is 7.17. The van der Waals surface area contributed by atoms with Gasteiger partial charge >= 0.3 is 0 Å². The number of amides is 1. The number of hydrogen-bond acceptors (Lipinski definition) is 3. The Bertz CT molecular complexity index is 670. The quantitative estimate of drug-likeness (QED) is 0.841. The lowest BCUT2D eigenvalue weighted by Gasteiger charge is -1.99. The van der Waals surface area contributed by atoms with Crippen molar-refractivity contribution < 1.29 is 4.79 Å². The summed E-state index contributed by atoms with van der Waals surface area (Å²) in [5, 5.41) is 2.73. The van der Waals surface area contributed by atoms with Gasteiger partial charge in [0.1, 0.15) is 0 Å². The van der Waals surface area contributed by atoms with Crippen LogP contribution in [0.2, 0.25) is 0 Å². The maximum atomic E-state index is 11.8. The van der Waals surface area contributed by atoms with Crippen LogP contribution in [0.5, 0.6) is 0 Å². The number of aromatic amines is 1. The molecule has 0 saturated heterocycles. The lowest BCUT2D eigenvalue weighted by Crippen LogP contribution is -2.21. The minimum atomic E-state index is -0.114. The van der Waals surface area contributed by atoms with Crippen molar-refractivity contribution in [3.8, 4) is 10.4 Å². The molecule has 0 fully saturated rings. The molecule has 98 valence electrons. The molecule has 2 aromatic rings. The molecule has 0 aliphatic carbocycles. The molecule has 0 aliphatic rings. The number of H-pyrrole nitrogens is 1. The number of hydrogen-bond donors (Lipinski definition) is 2. The first-order valence-corrected chi connectivity index (χ1v) is 6.62. The van der Waals surface area contributed by atoms with E-state index in [1.165, 1.54) is 11.3 Å². The molecule has 0 bridgehead atoms. The van der Waals surface area contributed by atoms with Crippen LogP contribution in [0.1, 0.15) is 15.2 Å². The molecule has 4 nitrogen and oxygen atoms in total. The van der Waals surface area contributed by atoms with Gasteiger partial charge in [0.2, 0.25) is 0 Å². The largest absolute Gasteiger partial charge is 0.348 e. The first-order valence-electron chi connectivity index (χ1n) is 5.80. The molecule has 0 unspecified atom stereocenters. The van der Waals surface area contributed by atoms with Crippen molar-refractivity contribution in [3.05, 3.63) is 57.8 Å². The first kappa shape index (κ1) is 13.3. The number of rotatable bonds is 4. The van der Waals surface area contributed by atoms with Gasteiger partial charge in [-0.15, -0.1) is 17.9 Å². The third-order valence-electron chi connectivity index (χ3n) is 2.61. The average molecular weight is 274 g/mol. The van der Waals surface area contributed by atoms with Crippen molar-refractivity contribution in [3.63, 3.8) is 0 Å². The van der Waals surface area contributed by atoms with Crippen LogP contribution >= 0.6 is 11.3 Å². The molecule has 0 atom stereocenters. The van der Waals surface area contributed by atoms with Crippen molar-refractivity contribution in [2.24, 2.45) is 0 Å². The van der Waals surface area contributed by atoms with Gasteiger partial charge in [-0.3, -0.25) is 9.59 Å². The molecule has 2 heterocycles. The van der Waals surface area contributed by atoms with E-state index >= 15 is 0 Å². The molecule has 19 heavy (non-hydrogen) atoms. The van der Waals surface area contributed by atoms with Crippen LogP contribution in [0.3, 0.4) is 0 Å². The van der Waals surface area contributed by atoms with E-state index < -0.39 is 0 Å². The van der Waals surface area contributed by atoms with Gasteiger partial charge < -0.3 is 10.3 Å². The molecular formula is C14H14N2O2S. The van der Waals surface area contributed by atoms with Gasteiger partial charge in [-0.25, -0.2) is 0 Å². The summed E-state index contributed by atoms with van der Waals surface area (Å²) in [5.41, 5.74) is 1.47. The van der Waals surface area contributed by atoms with E-state index in [1.54, 1.807) is 25.3 Å². The predicted octanol–water partition coefficient (Wildman–Crippen LogP) is 2.33. The van der Waals surface area contributed by atoms with Crippen LogP contribution in [0, 0.1) is 6.92 Å². The van der Waals surface area contributed by atoms with E-state index in [9.17, 15) is 9.59 Å². The van der Waals surface area contributed by atoms with E-state index in [-0.39, 0.29) is 11.5 Å². The normalized spacial score (nSPS) is 10.2. The second-order valence-electron chi connectivity index (χ2n) is 4.06. The molecule has 2 N–H and O–H groups in total. The second-order valence-corrected chi connectivity index (χ2v) is 5.15. The van der Waals surface area contributed by atoms with Crippen LogP contribution < -0.4 is 10.9 Å². The van der Waals surface area contributed by atoms with Gasteiger partial charge in [0, 0.05) is 28.7 Å². The highest BCUT2D eigenvalue weighted by Gasteiger charge is 2.10. The minimum Gasteiger partial charge on any atom is -0.348 e. The highest BCUT2D eigenvalue weighted by Crippen LogP contribution is 2.27. The standard InChI is InChI=1S/C14H14N2O2S/c1-3-6-15-14(18)12-5-4-11(19-12)10-7-9(2)13(17)16-8-10/h3-5,7-8H,1,6H2,2H3,(H,15,18)(H,16,17). The van der Waals surface area contributed by atoms with Crippen molar-refractivity contribution in [2.45, 2.75) is 6.92 Å². The third kappa shape index (κ3) is 3.00. The van der Waals surface area contributed by atoms with Gasteiger partial charge in [-0.1, -0.05) is 6.08 Å². The van der Waals surface area contributed by atoms with Gasteiger partial charge in [-0.2, -0.15) is 0 Å². The average Bonchev–Trinajstić information content (AvgIpc) is 2.89. The van der Waals surface area contributed by atoms with Gasteiger partial charge in [0.05, 0.1) is 4.88 Å². The topological polar surface area (TPSA) is 62.0 Å². The molecular weight excluding hydrogens is 260 g/mol. The number of nitrogens with one attached hydrogen (secondary N) is 2. The molecule has 0 spiro atoms. The zero-order valence-electron chi connectivity index (χ0n) is 10.5. The van der Waals surface area contributed by atoms with Crippen LogP contribution in [-0.2, 0) is 0 Å². The minimum absolute atomic E-state index is 0.0933. The highest BCUT2D eigenvalue weighted by atomic mass is 32.1. The smallest absolute Gasteiger partial charge is 0.261 e. The Morgan fingerprint density at radius 2 is 2.32 bits per heavy atom. The van der Waals surface area contributed by atoms with Crippen LogP contribution in [0.4, 0.5) is 0 Å². The molecule has 0 aromatic carbocycles. The SMILES string of the molecule is C=CCNC(=O)c1ccc(-c2c[nH]c(=O)c(C)c2)s1. The van der Waals surface area contributed by atoms with Crippen molar-refractivity contribution in [1.29, 1.82) is 0 Å². The number of aromatic nitrogens is 1. The van der Waals surface area contributed by atoms with Crippen molar-refractivity contribution in [1.82, 2.24) is 10.3 Å². The van der Waals surface area contributed by atoms with Gasteiger partial charge in [-0.05, 0) is 25.1 Å². The molecule has 1 amide bonds. The molecule has 0 saturated carbocycles. The summed E-state index contributed by atoms with van der Waals surface area (Å²) in [6.45, 7) is 5.76. The number of aryl methyl sites for hydroxylation is 1. The summed E-state index contributed by atoms with van der Waals surface area (Å²) in [6, 6.07) is 5.47. The maximum absolute atomic E-state index is 11.8. The number of pyridine rings is 1. The van der Waals surface area contributed by atoms with E-state index in [1.807, 2.05) is 12.1 Å². The van der Waals surface area contributed by atoms with E-state index in [2.05, 4.69) is 16.9 Å². The molecule has 2 rings (SSSR count). The summed E-state index contributed by atoms with van der Waals surface area (Å²) < 4.78 is 0. The summed E-state index contributed by atoms with van der Waals surface area (Å²) in [7, 11) is 0. The molecule has 5 heteroatoms. The first-order chi connectivity index (χ1) is 9.11. The van der Waals surface area contributed by atoms with Crippen molar-refractivity contribution in [2.75, 3.05) is 6.54 Å². The lowest BCUT2D eigenvalue weighted by atomic mass is 10.2. The molecule has 0 aliphatic heterocycles. The summed E-state index contributed by atoms with van der Waals surface area (Å²) in [6.07, 6.45) is 3.30. The third-order valence-corrected chi connectivity index (χ3v) is 3.74. The summed E-state index contributed by atoms with van der Waals surface area (Å²) >= 11 is 1.39. The Labute approximate surface area is 114 Å². The van der Waals surface area contributed by atoms with Crippen molar-refractivity contribution >= 4 is 17.2 Å². The maximum Gasteiger partial charge on any atom is 0.261 e. The fourth-order valence-electron chi connectivity index (χ4n) is 1.61. The fourth-order valence-corrected chi connectivity index (χ4v) is 2.52. The Hall–Kier alpha value is -2.14. The predicted molar refractivity (Wildman–Crippen MR) is 77.6 cm³/mol. The second kappa shape index (κ2) is 5.67. The number of thiophene rings is 1. The lowest BCUT2D eigenvalue weighted by molar-refractivity contribution is 0.0962. The Kier molecular flexibility index (Phi) is 3.97. The Morgan fingerprint density at radius 3 is 3.00 bits per heavy atom. The zero-order valence-corrected chi connectivity index (χ0v) is 11.3. The Balaban J connectivity index is 2.25. The van der Waals surface area contributed by atoms with Crippen LogP contribution in [-0.4, -0.2) is 17.4 Å². The molecule has 0 radical (unpaired) electrons. The summed E-state index contributed by atoms with van der Waals surface area (Å²) in [5.74, 6) is -0.114. The number of carbonyl (C=O) groups is 1. The van der Waals surface area contributed by atoms with E-state index in [0.29, 0.717) is 17.0 Å². The van der Waals surface area contributed by atoms with E-state index in [4.69, 9.17) is 0 Å².